The lowest BCUT2D eigenvalue weighted by molar-refractivity contribution is -0.109. The summed E-state index contributed by atoms with van der Waals surface area (Å²) in [5.41, 5.74) is 2.12. The number of rotatable bonds is 5. The van der Waals surface area contributed by atoms with Gasteiger partial charge in [-0.05, 0) is 6.92 Å². The van der Waals surface area contributed by atoms with Gasteiger partial charge in [0.1, 0.15) is 0 Å². The molecule has 4 nitrogen and oxygen atoms in total. The SMILES string of the molecule is CCOCC=NNC=O. The Morgan fingerprint density at radius 3 is 3.11 bits per heavy atom. The first-order valence-corrected chi connectivity index (χ1v) is 2.70. The summed E-state index contributed by atoms with van der Waals surface area (Å²) >= 11 is 0. The number of hydrogen-bond acceptors (Lipinski definition) is 3. The molecule has 0 aliphatic carbocycles. The fourth-order valence-corrected chi connectivity index (χ4v) is 0.291. The van der Waals surface area contributed by atoms with Crippen LogP contribution in [-0.4, -0.2) is 25.8 Å². The molecule has 1 amide bonds. The van der Waals surface area contributed by atoms with Gasteiger partial charge in [0.05, 0.1) is 12.8 Å². The maximum Gasteiger partial charge on any atom is 0.227 e. The first kappa shape index (κ1) is 8.10. The maximum atomic E-state index is 9.57. The number of hydrazone groups is 1. The van der Waals surface area contributed by atoms with E-state index < -0.39 is 0 Å². The van der Waals surface area contributed by atoms with Crippen molar-refractivity contribution in [2.75, 3.05) is 13.2 Å². The van der Waals surface area contributed by atoms with Crippen LogP contribution in [-0.2, 0) is 9.53 Å². The molecule has 0 saturated heterocycles. The lowest BCUT2D eigenvalue weighted by Crippen LogP contribution is -2.03. The Balaban J connectivity index is 2.94. The molecule has 0 fully saturated rings. The summed E-state index contributed by atoms with van der Waals surface area (Å²) in [7, 11) is 0. The van der Waals surface area contributed by atoms with Gasteiger partial charge in [0.2, 0.25) is 6.41 Å². The third kappa shape index (κ3) is 7.10. The van der Waals surface area contributed by atoms with Crippen LogP contribution in [0.25, 0.3) is 0 Å². The zero-order chi connectivity index (χ0) is 6.95. The summed E-state index contributed by atoms with van der Waals surface area (Å²) in [5, 5.41) is 3.46. The Hall–Kier alpha value is -0.900. The molecule has 0 aromatic heterocycles. The van der Waals surface area contributed by atoms with Crippen LogP contribution in [0.3, 0.4) is 0 Å². The van der Waals surface area contributed by atoms with Crippen molar-refractivity contribution in [2.45, 2.75) is 6.92 Å². The van der Waals surface area contributed by atoms with E-state index in [9.17, 15) is 4.79 Å². The lowest BCUT2D eigenvalue weighted by Gasteiger charge is -1.90. The van der Waals surface area contributed by atoms with E-state index in [1.807, 2.05) is 6.92 Å². The molecule has 0 saturated carbocycles. The second-order valence-electron chi connectivity index (χ2n) is 1.22. The van der Waals surface area contributed by atoms with Crippen molar-refractivity contribution in [3.8, 4) is 0 Å². The van der Waals surface area contributed by atoms with E-state index in [4.69, 9.17) is 4.74 Å². The Labute approximate surface area is 53.9 Å². The molecule has 9 heavy (non-hydrogen) atoms. The van der Waals surface area contributed by atoms with E-state index in [2.05, 4.69) is 10.5 Å². The molecule has 0 heterocycles. The lowest BCUT2D eigenvalue weighted by atomic mass is 10.8. The quantitative estimate of drug-likeness (QED) is 0.241. The average Bonchev–Trinajstić information content (AvgIpc) is 1.89. The molecule has 0 spiro atoms. The standard InChI is InChI=1S/C5H10N2O2/c1-2-9-4-3-6-7-5-8/h3,5H,2,4H2,1H3,(H,7,8). The van der Waals surface area contributed by atoms with Crippen LogP contribution < -0.4 is 5.43 Å². The molecule has 0 aliphatic heterocycles. The van der Waals surface area contributed by atoms with Gasteiger partial charge in [0.25, 0.3) is 0 Å². The van der Waals surface area contributed by atoms with E-state index in [0.717, 1.165) is 0 Å². The van der Waals surface area contributed by atoms with Crippen molar-refractivity contribution in [1.29, 1.82) is 0 Å². The molecule has 0 unspecified atom stereocenters. The van der Waals surface area contributed by atoms with Crippen molar-refractivity contribution in [1.82, 2.24) is 5.43 Å². The van der Waals surface area contributed by atoms with Gasteiger partial charge in [-0.15, -0.1) is 0 Å². The Morgan fingerprint density at radius 1 is 1.78 bits per heavy atom. The van der Waals surface area contributed by atoms with E-state index in [-0.39, 0.29) is 0 Å². The molecule has 52 valence electrons. The predicted molar refractivity (Wildman–Crippen MR) is 34.2 cm³/mol. The summed E-state index contributed by atoms with van der Waals surface area (Å²) in [6.45, 7) is 2.99. The summed E-state index contributed by atoms with van der Waals surface area (Å²) < 4.78 is 4.87. The Bertz CT molecular complexity index is 93.0. The number of carbonyl (C=O) groups is 1. The molecule has 0 aliphatic rings. The molecule has 1 N–H and O–H groups in total. The van der Waals surface area contributed by atoms with E-state index in [1.54, 1.807) is 0 Å². The van der Waals surface area contributed by atoms with Gasteiger partial charge >= 0.3 is 0 Å². The van der Waals surface area contributed by atoms with Gasteiger partial charge in [0, 0.05) is 6.61 Å². The number of hydrogen-bond donors (Lipinski definition) is 1. The molecule has 0 rings (SSSR count). The first-order valence-electron chi connectivity index (χ1n) is 2.70. The number of ether oxygens (including phenoxy) is 1. The molecule has 0 bridgehead atoms. The van der Waals surface area contributed by atoms with Crippen LogP contribution in [0, 0.1) is 0 Å². The summed E-state index contributed by atoms with van der Waals surface area (Å²) in [6.07, 6.45) is 1.99. The summed E-state index contributed by atoms with van der Waals surface area (Å²) in [5.74, 6) is 0. The summed E-state index contributed by atoms with van der Waals surface area (Å²) in [6, 6.07) is 0. The Kier molecular flexibility index (Phi) is 6.39. The van der Waals surface area contributed by atoms with Crippen LogP contribution >= 0.6 is 0 Å². The number of nitrogens with zero attached hydrogens (tertiary/aromatic N) is 1. The van der Waals surface area contributed by atoms with Gasteiger partial charge < -0.3 is 4.74 Å². The fourth-order valence-electron chi connectivity index (χ4n) is 0.291. The second-order valence-corrected chi connectivity index (χ2v) is 1.22. The molecule has 0 radical (unpaired) electrons. The van der Waals surface area contributed by atoms with E-state index in [1.165, 1.54) is 6.21 Å². The highest BCUT2D eigenvalue weighted by Crippen LogP contribution is 1.66. The molecular formula is C5H10N2O2. The average molecular weight is 130 g/mol. The van der Waals surface area contributed by atoms with Crippen molar-refractivity contribution >= 4 is 12.6 Å². The number of amides is 1. The maximum absolute atomic E-state index is 9.57. The van der Waals surface area contributed by atoms with Crippen molar-refractivity contribution in [3.05, 3.63) is 0 Å². The molecular weight excluding hydrogens is 120 g/mol. The van der Waals surface area contributed by atoms with Gasteiger partial charge in [0.15, 0.2) is 0 Å². The third-order valence-electron chi connectivity index (χ3n) is 0.615. The highest BCUT2D eigenvalue weighted by molar-refractivity contribution is 5.60. The first-order chi connectivity index (χ1) is 4.41. The molecule has 0 aromatic carbocycles. The number of carbonyl (C=O) groups excluding carboxylic acids is 1. The Morgan fingerprint density at radius 2 is 2.56 bits per heavy atom. The van der Waals surface area contributed by atoms with Crippen molar-refractivity contribution in [3.63, 3.8) is 0 Å². The largest absolute Gasteiger partial charge is 0.376 e. The van der Waals surface area contributed by atoms with Crippen LogP contribution in [0.5, 0.6) is 0 Å². The minimum Gasteiger partial charge on any atom is -0.376 e. The summed E-state index contributed by atoms with van der Waals surface area (Å²) in [4.78, 5) is 9.57. The van der Waals surface area contributed by atoms with Gasteiger partial charge in [-0.25, -0.2) is 0 Å². The van der Waals surface area contributed by atoms with Crippen LogP contribution in [0.1, 0.15) is 6.92 Å². The van der Waals surface area contributed by atoms with Crippen molar-refractivity contribution < 1.29 is 9.53 Å². The third-order valence-corrected chi connectivity index (χ3v) is 0.615. The smallest absolute Gasteiger partial charge is 0.227 e. The zero-order valence-electron chi connectivity index (χ0n) is 5.33. The molecule has 0 atom stereocenters. The van der Waals surface area contributed by atoms with Gasteiger partial charge in [-0.2, -0.15) is 5.10 Å². The molecule has 0 aromatic rings. The second kappa shape index (κ2) is 7.10. The highest BCUT2D eigenvalue weighted by Gasteiger charge is 1.74. The molecule has 4 heteroatoms. The minimum absolute atomic E-state index is 0.442. The fraction of sp³-hybridized carbons (Fsp3) is 0.600. The van der Waals surface area contributed by atoms with E-state index in [0.29, 0.717) is 19.6 Å². The highest BCUT2D eigenvalue weighted by atomic mass is 16.5. The van der Waals surface area contributed by atoms with Crippen LogP contribution in [0.2, 0.25) is 0 Å². The topological polar surface area (TPSA) is 50.7 Å². The van der Waals surface area contributed by atoms with Gasteiger partial charge in [-0.1, -0.05) is 0 Å². The number of nitrogens with one attached hydrogen (secondary N) is 1. The van der Waals surface area contributed by atoms with Crippen LogP contribution in [0.15, 0.2) is 5.10 Å². The van der Waals surface area contributed by atoms with E-state index >= 15 is 0 Å². The minimum atomic E-state index is 0.442. The van der Waals surface area contributed by atoms with Gasteiger partial charge in [-0.3, -0.25) is 10.2 Å². The van der Waals surface area contributed by atoms with Crippen LogP contribution in [0.4, 0.5) is 0 Å². The zero-order valence-corrected chi connectivity index (χ0v) is 5.33. The predicted octanol–water partition coefficient (Wildman–Crippen LogP) is -0.245. The normalized spacial score (nSPS) is 9.89. The van der Waals surface area contributed by atoms with Crippen molar-refractivity contribution in [2.24, 2.45) is 5.10 Å². The monoisotopic (exact) mass is 130 g/mol.